The van der Waals surface area contributed by atoms with Crippen molar-refractivity contribution >= 4 is 22.7 Å². The normalized spacial score (nSPS) is 11.1. The Kier molecular flexibility index (Phi) is 4.07. The predicted molar refractivity (Wildman–Crippen MR) is 81.6 cm³/mol. The molecule has 0 radical (unpaired) electrons. The number of aryl methyl sites for hydroxylation is 1. The molecular formula is C17H12F3NS. The summed E-state index contributed by atoms with van der Waals surface area (Å²) in [5.41, 5.74) is 0.723. The number of hydrogen-bond acceptors (Lipinski definition) is 2. The first-order chi connectivity index (χ1) is 10.6. The molecule has 0 fully saturated rings. The summed E-state index contributed by atoms with van der Waals surface area (Å²) < 4.78 is 40.9. The van der Waals surface area contributed by atoms with E-state index in [0.717, 1.165) is 16.5 Å². The summed E-state index contributed by atoms with van der Waals surface area (Å²) in [4.78, 5) is 5.61. The maximum Gasteiger partial charge on any atom is 0.196 e. The van der Waals surface area contributed by atoms with Crippen molar-refractivity contribution in [2.45, 2.75) is 23.1 Å². The Morgan fingerprint density at radius 2 is 1.77 bits per heavy atom. The van der Waals surface area contributed by atoms with Crippen LogP contribution in [0.25, 0.3) is 10.9 Å². The lowest BCUT2D eigenvalue weighted by Crippen LogP contribution is -1.98. The Hall–Kier alpha value is -2.01. The minimum absolute atomic E-state index is 0.144. The van der Waals surface area contributed by atoms with Crippen LogP contribution in [-0.4, -0.2) is 4.98 Å². The van der Waals surface area contributed by atoms with Gasteiger partial charge in [0.25, 0.3) is 0 Å². The van der Waals surface area contributed by atoms with Crippen molar-refractivity contribution in [3.8, 4) is 0 Å². The number of halogens is 3. The van der Waals surface area contributed by atoms with Gasteiger partial charge in [0.1, 0.15) is 5.52 Å². The summed E-state index contributed by atoms with van der Waals surface area (Å²) in [5.74, 6) is -3.93. The van der Waals surface area contributed by atoms with Crippen LogP contribution < -0.4 is 0 Å². The van der Waals surface area contributed by atoms with Gasteiger partial charge < -0.3 is 0 Å². The molecule has 22 heavy (non-hydrogen) atoms. The highest BCUT2D eigenvalue weighted by atomic mass is 32.2. The van der Waals surface area contributed by atoms with Gasteiger partial charge in [-0.3, -0.25) is 4.98 Å². The Balaban J connectivity index is 2.26. The Morgan fingerprint density at radius 3 is 2.45 bits per heavy atom. The second-order valence-electron chi connectivity index (χ2n) is 4.76. The number of fused-ring (bicyclic) bond motifs is 1. The van der Waals surface area contributed by atoms with Gasteiger partial charge in [0.05, 0.1) is 0 Å². The average Bonchev–Trinajstić information content (AvgIpc) is 2.54. The Morgan fingerprint density at radius 1 is 1.05 bits per heavy atom. The molecule has 112 valence electrons. The van der Waals surface area contributed by atoms with Gasteiger partial charge in [0, 0.05) is 21.4 Å². The highest BCUT2D eigenvalue weighted by Gasteiger charge is 2.19. The third kappa shape index (κ3) is 2.57. The lowest BCUT2D eigenvalue weighted by Gasteiger charge is -2.12. The van der Waals surface area contributed by atoms with Crippen molar-refractivity contribution in [1.29, 1.82) is 0 Å². The van der Waals surface area contributed by atoms with Gasteiger partial charge in [-0.15, -0.1) is 0 Å². The van der Waals surface area contributed by atoms with Gasteiger partial charge in [-0.2, -0.15) is 0 Å². The maximum atomic E-state index is 13.9. The first-order valence-corrected chi connectivity index (χ1v) is 7.61. The second kappa shape index (κ2) is 6.01. The lowest BCUT2D eigenvalue weighted by molar-refractivity contribution is 0.452. The van der Waals surface area contributed by atoms with Gasteiger partial charge >= 0.3 is 0 Å². The van der Waals surface area contributed by atoms with E-state index in [2.05, 4.69) is 4.98 Å². The molecule has 0 bridgehead atoms. The molecule has 1 heterocycles. The van der Waals surface area contributed by atoms with E-state index in [4.69, 9.17) is 0 Å². The third-order valence-electron chi connectivity index (χ3n) is 3.37. The van der Waals surface area contributed by atoms with E-state index in [1.54, 1.807) is 0 Å². The van der Waals surface area contributed by atoms with Crippen LogP contribution in [0.15, 0.2) is 52.4 Å². The van der Waals surface area contributed by atoms with Crippen molar-refractivity contribution in [1.82, 2.24) is 4.98 Å². The van der Waals surface area contributed by atoms with E-state index in [1.165, 1.54) is 18.0 Å². The monoisotopic (exact) mass is 319 g/mol. The van der Waals surface area contributed by atoms with Gasteiger partial charge in [-0.1, -0.05) is 36.9 Å². The molecule has 0 saturated carbocycles. The first-order valence-electron chi connectivity index (χ1n) is 6.79. The summed E-state index contributed by atoms with van der Waals surface area (Å²) >= 11 is 1.40. The summed E-state index contributed by atoms with van der Waals surface area (Å²) in [6, 6.07) is 10.5. The smallest absolute Gasteiger partial charge is 0.196 e. The summed E-state index contributed by atoms with van der Waals surface area (Å²) in [6.07, 6.45) is 2.19. The summed E-state index contributed by atoms with van der Waals surface area (Å²) in [5, 5.41) is 0.296. The van der Waals surface area contributed by atoms with Crippen molar-refractivity contribution in [3.05, 3.63) is 65.6 Å². The van der Waals surface area contributed by atoms with Crippen molar-refractivity contribution in [2.24, 2.45) is 0 Å². The van der Waals surface area contributed by atoms with Crippen LogP contribution in [-0.2, 0) is 6.42 Å². The predicted octanol–water partition coefficient (Wildman–Crippen LogP) is 5.37. The molecule has 2 aromatic carbocycles. The van der Waals surface area contributed by atoms with Crippen molar-refractivity contribution < 1.29 is 13.2 Å². The quantitative estimate of drug-likeness (QED) is 0.602. The summed E-state index contributed by atoms with van der Waals surface area (Å²) in [6.45, 7) is 1.94. The second-order valence-corrected chi connectivity index (χ2v) is 5.85. The van der Waals surface area contributed by atoms with Crippen LogP contribution in [0.3, 0.4) is 0 Å². The number of rotatable bonds is 3. The molecule has 0 aliphatic heterocycles. The molecule has 3 aromatic rings. The van der Waals surface area contributed by atoms with E-state index >= 15 is 0 Å². The lowest BCUT2D eigenvalue weighted by atomic mass is 10.1. The van der Waals surface area contributed by atoms with Crippen LogP contribution in [0.2, 0.25) is 0 Å². The molecule has 0 spiro atoms. The zero-order valence-electron chi connectivity index (χ0n) is 11.7. The van der Waals surface area contributed by atoms with Crippen molar-refractivity contribution in [3.63, 3.8) is 0 Å². The van der Waals surface area contributed by atoms with Crippen molar-refractivity contribution in [2.75, 3.05) is 0 Å². The molecule has 1 nitrogen and oxygen atoms in total. The molecule has 0 aliphatic carbocycles. The summed E-state index contributed by atoms with van der Waals surface area (Å²) in [7, 11) is 0. The highest BCUT2D eigenvalue weighted by Crippen LogP contribution is 2.37. The van der Waals surface area contributed by atoms with Crippen LogP contribution >= 0.6 is 11.8 Å². The maximum absolute atomic E-state index is 13.9. The SMILES string of the molecule is CCc1cnc2c(F)c(F)c(F)cc2c1Sc1ccccc1. The molecule has 3 rings (SSSR count). The minimum Gasteiger partial charge on any atom is -0.253 e. The van der Waals surface area contributed by atoms with Gasteiger partial charge in [0.2, 0.25) is 0 Å². The molecule has 0 unspecified atom stereocenters. The molecule has 0 amide bonds. The fourth-order valence-corrected chi connectivity index (χ4v) is 3.36. The topological polar surface area (TPSA) is 12.9 Å². The molecule has 0 atom stereocenters. The number of nitrogens with zero attached hydrogens (tertiary/aromatic N) is 1. The van der Waals surface area contributed by atoms with Crippen LogP contribution in [0.4, 0.5) is 13.2 Å². The van der Waals surface area contributed by atoms with Gasteiger partial charge in [0.15, 0.2) is 17.5 Å². The van der Waals surface area contributed by atoms with E-state index in [1.807, 2.05) is 37.3 Å². The van der Waals surface area contributed by atoms with Gasteiger partial charge in [-0.25, -0.2) is 13.2 Å². The Labute approximate surface area is 130 Å². The molecular weight excluding hydrogens is 307 g/mol. The number of pyridine rings is 1. The third-order valence-corrected chi connectivity index (χ3v) is 4.56. The molecule has 5 heteroatoms. The van der Waals surface area contributed by atoms with Crippen LogP contribution in [0.5, 0.6) is 0 Å². The number of benzene rings is 2. The Bertz CT molecular complexity index is 834. The van der Waals surface area contributed by atoms with Crippen LogP contribution in [0, 0.1) is 17.5 Å². The number of hydrogen-bond donors (Lipinski definition) is 0. The van der Waals surface area contributed by atoms with Gasteiger partial charge in [-0.05, 0) is 30.2 Å². The molecule has 0 saturated heterocycles. The zero-order chi connectivity index (χ0) is 15.7. The van der Waals surface area contributed by atoms with E-state index in [-0.39, 0.29) is 5.52 Å². The average molecular weight is 319 g/mol. The fraction of sp³-hybridized carbons (Fsp3) is 0.118. The zero-order valence-corrected chi connectivity index (χ0v) is 12.6. The fourth-order valence-electron chi connectivity index (χ4n) is 2.24. The van der Waals surface area contributed by atoms with E-state index < -0.39 is 17.5 Å². The first kappa shape index (κ1) is 14.9. The minimum atomic E-state index is -1.49. The molecule has 0 aliphatic rings. The standard InChI is InChI=1S/C17H12F3NS/c1-2-10-9-21-16-12(8-13(18)14(19)15(16)20)17(10)22-11-6-4-3-5-7-11/h3-9H,2H2,1H3. The molecule has 0 N–H and O–H groups in total. The molecule has 1 aromatic heterocycles. The largest absolute Gasteiger partial charge is 0.253 e. The highest BCUT2D eigenvalue weighted by molar-refractivity contribution is 7.99. The van der Waals surface area contributed by atoms with Crippen LogP contribution in [0.1, 0.15) is 12.5 Å². The van der Waals surface area contributed by atoms with E-state index in [0.29, 0.717) is 16.7 Å². The van der Waals surface area contributed by atoms with E-state index in [9.17, 15) is 13.2 Å². The number of aromatic nitrogens is 1.